The third-order valence-electron chi connectivity index (χ3n) is 11.3. The summed E-state index contributed by atoms with van der Waals surface area (Å²) in [6, 6.07) is 61.6. The first-order chi connectivity index (χ1) is 27.0. The summed E-state index contributed by atoms with van der Waals surface area (Å²) in [5.41, 5.74) is 14.0. The summed E-state index contributed by atoms with van der Waals surface area (Å²) in [4.78, 5) is 2.37. The molecule has 1 aliphatic heterocycles. The number of rotatable bonds is 5. The molecule has 55 heavy (non-hydrogen) atoms. The van der Waals surface area contributed by atoms with Crippen LogP contribution in [0.3, 0.4) is 0 Å². The lowest BCUT2D eigenvalue weighted by Crippen LogP contribution is -2.21. The van der Waals surface area contributed by atoms with Crippen LogP contribution in [-0.2, 0) is 5.41 Å². The minimum atomic E-state index is -0.337. The molecule has 0 saturated heterocycles. The summed E-state index contributed by atoms with van der Waals surface area (Å²) < 4.78 is 20.0. The van der Waals surface area contributed by atoms with E-state index in [9.17, 15) is 0 Å². The van der Waals surface area contributed by atoms with Crippen LogP contribution in [0.25, 0.3) is 55.3 Å². The summed E-state index contributed by atoms with van der Waals surface area (Å²) in [5.74, 6) is 2.70. The molecule has 0 bridgehead atoms. The molecule has 2 aliphatic rings. The smallest absolute Gasteiger partial charge is 0.194 e. The van der Waals surface area contributed by atoms with Crippen molar-refractivity contribution in [3.8, 4) is 56.4 Å². The maximum absolute atomic E-state index is 6.81. The first kappa shape index (κ1) is 31.5. The molecular weight excluding hydrogens is 675 g/mol. The number of fused-ring (bicyclic) bond motifs is 8. The van der Waals surface area contributed by atoms with Crippen molar-refractivity contribution in [3.63, 3.8) is 0 Å². The van der Waals surface area contributed by atoms with Gasteiger partial charge in [-0.3, -0.25) is 0 Å². The van der Waals surface area contributed by atoms with Gasteiger partial charge in [-0.2, -0.15) is 0 Å². The standard InChI is InChI=1S/C51H35NO3/c1-51(2)38-21-11-19-35(33-17-7-4-8-18-33)47(38)36-20-12-23-40(49(36)51)52(41-24-14-28-46-50(41)55-44-26-10-9-25-43(44)54-46)39-22-13-27-45-48(39)37-31-34(29-30-42(37)53-45)32-15-5-3-6-16-32/h3-31H,1-2H3. The van der Waals surface area contributed by atoms with Crippen LogP contribution in [0.15, 0.2) is 180 Å². The number of hydrogen-bond acceptors (Lipinski definition) is 4. The van der Waals surface area contributed by atoms with E-state index in [4.69, 9.17) is 13.9 Å². The predicted molar refractivity (Wildman–Crippen MR) is 223 cm³/mol. The van der Waals surface area contributed by atoms with Crippen molar-refractivity contribution in [1.29, 1.82) is 0 Å². The van der Waals surface area contributed by atoms with Gasteiger partial charge in [0, 0.05) is 10.8 Å². The van der Waals surface area contributed by atoms with Crippen molar-refractivity contribution in [2.75, 3.05) is 4.90 Å². The summed E-state index contributed by atoms with van der Waals surface area (Å²) in [7, 11) is 0. The SMILES string of the molecule is CC1(C)c2cccc(-c3ccccc3)c2-c2cccc(N(c3cccc4c3Oc3ccccc3O4)c3cccc4oc5ccc(-c6ccccc6)cc5c34)c21. The van der Waals surface area contributed by atoms with E-state index in [1.807, 2.05) is 30.3 Å². The maximum Gasteiger partial charge on any atom is 0.194 e. The Hall–Kier alpha value is -7.04. The van der Waals surface area contributed by atoms with Gasteiger partial charge in [0.05, 0.1) is 22.4 Å². The molecule has 4 nitrogen and oxygen atoms in total. The van der Waals surface area contributed by atoms with Crippen molar-refractivity contribution in [2.45, 2.75) is 19.3 Å². The molecule has 0 amide bonds. The van der Waals surface area contributed by atoms with E-state index < -0.39 is 0 Å². The number of nitrogens with zero attached hydrogens (tertiary/aromatic N) is 1. The molecule has 11 rings (SSSR count). The van der Waals surface area contributed by atoms with E-state index in [2.05, 4.69) is 164 Å². The van der Waals surface area contributed by atoms with Crippen molar-refractivity contribution in [1.82, 2.24) is 0 Å². The number of para-hydroxylation sites is 3. The van der Waals surface area contributed by atoms with Crippen molar-refractivity contribution in [3.05, 3.63) is 187 Å². The Labute approximate surface area is 319 Å². The molecule has 262 valence electrons. The summed E-state index contributed by atoms with van der Waals surface area (Å²) >= 11 is 0. The number of anilines is 3. The molecule has 0 N–H and O–H groups in total. The van der Waals surface area contributed by atoms with Gasteiger partial charge in [0.15, 0.2) is 23.0 Å². The highest BCUT2D eigenvalue weighted by Gasteiger charge is 2.41. The third kappa shape index (κ3) is 4.78. The average molecular weight is 710 g/mol. The fourth-order valence-corrected chi connectivity index (χ4v) is 8.85. The van der Waals surface area contributed by atoms with Crippen LogP contribution in [0.5, 0.6) is 23.0 Å². The normalized spacial score (nSPS) is 13.3. The fourth-order valence-electron chi connectivity index (χ4n) is 8.85. The fraction of sp³-hybridized carbons (Fsp3) is 0.0588. The Bertz CT molecular complexity index is 2960. The van der Waals surface area contributed by atoms with E-state index in [-0.39, 0.29) is 5.41 Å². The van der Waals surface area contributed by atoms with Crippen molar-refractivity contribution >= 4 is 39.0 Å². The van der Waals surface area contributed by atoms with Gasteiger partial charge in [-0.25, -0.2) is 0 Å². The zero-order valence-corrected chi connectivity index (χ0v) is 30.4. The molecule has 1 aromatic heterocycles. The molecule has 8 aromatic carbocycles. The molecule has 0 atom stereocenters. The van der Waals surface area contributed by atoms with Crippen LogP contribution in [-0.4, -0.2) is 0 Å². The molecular formula is C51H35NO3. The lowest BCUT2D eigenvalue weighted by molar-refractivity contribution is 0.360. The van der Waals surface area contributed by atoms with Crippen LogP contribution in [0.4, 0.5) is 17.1 Å². The van der Waals surface area contributed by atoms with Gasteiger partial charge in [-0.05, 0) is 99.1 Å². The number of ether oxygens (including phenoxy) is 2. The van der Waals surface area contributed by atoms with Gasteiger partial charge < -0.3 is 18.8 Å². The number of furan rings is 1. The van der Waals surface area contributed by atoms with Crippen LogP contribution in [0, 0.1) is 0 Å². The molecule has 1 aliphatic carbocycles. The van der Waals surface area contributed by atoms with Crippen LogP contribution in [0.1, 0.15) is 25.0 Å². The Morgan fingerprint density at radius 2 is 1.09 bits per heavy atom. The van der Waals surface area contributed by atoms with Crippen LogP contribution < -0.4 is 14.4 Å². The Morgan fingerprint density at radius 1 is 0.455 bits per heavy atom. The lowest BCUT2D eigenvalue weighted by atomic mass is 9.80. The molecule has 0 saturated carbocycles. The quantitative estimate of drug-likeness (QED) is 0.178. The van der Waals surface area contributed by atoms with Crippen molar-refractivity contribution in [2.24, 2.45) is 0 Å². The van der Waals surface area contributed by atoms with Gasteiger partial charge >= 0.3 is 0 Å². The van der Waals surface area contributed by atoms with E-state index >= 15 is 0 Å². The highest BCUT2D eigenvalue weighted by atomic mass is 16.6. The summed E-state index contributed by atoms with van der Waals surface area (Å²) in [6.45, 7) is 4.70. The molecule has 2 heterocycles. The average Bonchev–Trinajstić information content (AvgIpc) is 3.73. The van der Waals surface area contributed by atoms with Gasteiger partial charge in [-0.1, -0.05) is 135 Å². The van der Waals surface area contributed by atoms with Crippen LogP contribution >= 0.6 is 0 Å². The predicted octanol–water partition coefficient (Wildman–Crippen LogP) is 14.6. The molecule has 4 heteroatoms. The minimum Gasteiger partial charge on any atom is -0.456 e. The second-order valence-corrected chi connectivity index (χ2v) is 14.8. The highest BCUT2D eigenvalue weighted by molar-refractivity contribution is 6.15. The number of hydrogen-bond donors (Lipinski definition) is 0. The molecule has 0 radical (unpaired) electrons. The number of benzene rings is 8. The summed E-state index contributed by atoms with van der Waals surface area (Å²) in [5, 5.41) is 2.08. The Kier molecular flexibility index (Phi) is 6.86. The third-order valence-corrected chi connectivity index (χ3v) is 11.3. The van der Waals surface area contributed by atoms with Gasteiger partial charge in [0.1, 0.15) is 11.2 Å². The molecule has 0 fully saturated rings. The molecule has 0 unspecified atom stereocenters. The topological polar surface area (TPSA) is 34.8 Å². The monoisotopic (exact) mass is 709 g/mol. The van der Waals surface area contributed by atoms with Gasteiger partial charge in [0.25, 0.3) is 0 Å². The minimum absolute atomic E-state index is 0.337. The molecule has 0 spiro atoms. The first-order valence-corrected chi connectivity index (χ1v) is 18.8. The van der Waals surface area contributed by atoms with Gasteiger partial charge in [0.2, 0.25) is 0 Å². The zero-order chi connectivity index (χ0) is 36.7. The Morgan fingerprint density at radius 3 is 1.91 bits per heavy atom. The largest absolute Gasteiger partial charge is 0.456 e. The lowest BCUT2D eigenvalue weighted by Gasteiger charge is -2.34. The van der Waals surface area contributed by atoms with Crippen LogP contribution in [0.2, 0.25) is 0 Å². The maximum atomic E-state index is 6.81. The Balaban J connectivity index is 1.21. The summed E-state index contributed by atoms with van der Waals surface area (Å²) in [6.07, 6.45) is 0. The van der Waals surface area contributed by atoms with E-state index in [1.54, 1.807) is 0 Å². The highest BCUT2D eigenvalue weighted by Crippen LogP contribution is 2.59. The second-order valence-electron chi connectivity index (χ2n) is 14.8. The zero-order valence-electron chi connectivity index (χ0n) is 30.4. The second kappa shape index (κ2) is 12.0. The van der Waals surface area contributed by atoms with E-state index in [1.165, 1.54) is 33.4 Å². The first-order valence-electron chi connectivity index (χ1n) is 18.8. The molecule has 9 aromatic rings. The van der Waals surface area contributed by atoms with Crippen molar-refractivity contribution < 1.29 is 13.9 Å². The van der Waals surface area contributed by atoms with E-state index in [0.29, 0.717) is 23.0 Å². The van der Waals surface area contributed by atoms with E-state index in [0.717, 1.165) is 50.1 Å². The van der Waals surface area contributed by atoms with Gasteiger partial charge in [-0.15, -0.1) is 0 Å².